The van der Waals surface area contributed by atoms with Gasteiger partial charge in [0.15, 0.2) is 0 Å². The highest BCUT2D eigenvalue weighted by molar-refractivity contribution is 5.19. The molecule has 0 aromatic heterocycles. The summed E-state index contributed by atoms with van der Waals surface area (Å²) in [6, 6.07) is 6.64. The number of nitrogens with zero attached hydrogens (tertiary/aromatic N) is 1. The fourth-order valence-electron chi connectivity index (χ4n) is 2.09. The van der Waals surface area contributed by atoms with Crippen molar-refractivity contribution in [3.05, 3.63) is 35.6 Å². The van der Waals surface area contributed by atoms with Gasteiger partial charge in [-0.2, -0.15) is 0 Å². The third kappa shape index (κ3) is 3.03. The molecule has 1 fully saturated rings. The molecule has 4 heteroatoms. The van der Waals surface area contributed by atoms with Crippen LogP contribution < -0.4 is 0 Å². The van der Waals surface area contributed by atoms with E-state index in [1.807, 2.05) is 13.0 Å². The summed E-state index contributed by atoms with van der Waals surface area (Å²) in [5.74, 6) is -0.238. The first-order chi connectivity index (χ1) is 8.20. The molecule has 0 bridgehead atoms. The van der Waals surface area contributed by atoms with E-state index in [-0.39, 0.29) is 24.6 Å². The molecule has 17 heavy (non-hydrogen) atoms. The maximum atomic E-state index is 13.1. The van der Waals surface area contributed by atoms with Crippen LogP contribution in [0, 0.1) is 5.82 Å². The molecular weight excluding hydrogens is 221 g/mol. The maximum absolute atomic E-state index is 13.1. The van der Waals surface area contributed by atoms with Crippen molar-refractivity contribution in [2.75, 3.05) is 26.3 Å². The molecular formula is C13H18FNO2. The van der Waals surface area contributed by atoms with Gasteiger partial charge in [-0.15, -0.1) is 0 Å². The minimum absolute atomic E-state index is 0.103. The van der Waals surface area contributed by atoms with Gasteiger partial charge in [-0.05, 0) is 24.6 Å². The Bertz CT molecular complexity index is 372. The van der Waals surface area contributed by atoms with Gasteiger partial charge < -0.3 is 9.84 Å². The average molecular weight is 239 g/mol. The molecule has 1 aliphatic rings. The van der Waals surface area contributed by atoms with E-state index < -0.39 is 0 Å². The number of hydrogen-bond acceptors (Lipinski definition) is 3. The van der Waals surface area contributed by atoms with Crippen LogP contribution >= 0.6 is 0 Å². The van der Waals surface area contributed by atoms with Crippen LogP contribution in [-0.2, 0) is 4.74 Å². The van der Waals surface area contributed by atoms with Gasteiger partial charge in [0.2, 0.25) is 0 Å². The number of halogens is 1. The second kappa shape index (κ2) is 5.58. The molecule has 3 nitrogen and oxygen atoms in total. The van der Waals surface area contributed by atoms with Gasteiger partial charge >= 0.3 is 0 Å². The molecule has 0 saturated carbocycles. The van der Waals surface area contributed by atoms with Crippen LogP contribution in [0.25, 0.3) is 0 Å². The molecule has 1 saturated heterocycles. The van der Waals surface area contributed by atoms with E-state index in [0.29, 0.717) is 13.2 Å². The van der Waals surface area contributed by atoms with Crippen molar-refractivity contribution in [3.8, 4) is 0 Å². The van der Waals surface area contributed by atoms with E-state index in [1.165, 1.54) is 12.1 Å². The molecule has 2 rings (SSSR count). The van der Waals surface area contributed by atoms with Crippen LogP contribution in [0.5, 0.6) is 0 Å². The summed E-state index contributed by atoms with van der Waals surface area (Å²) in [7, 11) is 0. The lowest BCUT2D eigenvalue weighted by atomic mass is 10.1. The number of hydrogen-bond donors (Lipinski definition) is 1. The molecule has 0 spiro atoms. The molecule has 1 aromatic rings. The Hall–Kier alpha value is -0.970. The van der Waals surface area contributed by atoms with E-state index in [1.54, 1.807) is 6.07 Å². The van der Waals surface area contributed by atoms with Crippen LogP contribution in [-0.4, -0.2) is 42.4 Å². The van der Waals surface area contributed by atoms with Crippen LogP contribution in [0.4, 0.5) is 4.39 Å². The number of aliphatic hydroxyl groups excluding tert-OH is 1. The fourth-order valence-corrected chi connectivity index (χ4v) is 2.09. The molecule has 2 unspecified atom stereocenters. The maximum Gasteiger partial charge on any atom is 0.123 e. The molecule has 1 N–H and O–H groups in total. The zero-order chi connectivity index (χ0) is 12.3. The summed E-state index contributed by atoms with van der Waals surface area (Å²) in [5, 5.41) is 9.15. The second-order valence-electron chi connectivity index (χ2n) is 4.44. The largest absolute Gasteiger partial charge is 0.395 e. The van der Waals surface area contributed by atoms with Crippen molar-refractivity contribution in [1.29, 1.82) is 0 Å². The van der Waals surface area contributed by atoms with Gasteiger partial charge in [-0.1, -0.05) is 12.1 Å². The summed E-state index contributed by atoms with van der Waals surface area (Å²) >= 11 is 0. The quantitative estimate of drug-likeness (QED) is 0.869. The van der Waals surface area contributed by atoms with Crippen molar-refractivity contribution < 1.29 is 14.2 Å². The topological polar surface area (TPSA) is 32.7 Å². The number of morpholine rings is 1. The first-order valence-corrected chi connectivity index (χ1v) is 5.92. The highest BCUT2D eigenvalue weighted by Gasteiger charge is 2.24. The molecule has 2 atom stereocenters. The summed E-state index contributed by atoms with van der Waals surface area (Å²) in [6.07, 6.45) is -0.103. The van der Waals surface area contributed by atoms with Crippen molar-refractivity contribution >= 4 is 0 Å². The first-order valence-electron chi connectivity index (χ1n) is 5.92. The van der Waals surface area contributed by atoms with E-state index in [2.05, 4.69) is 4.90 Å². The lowest BCUT2D eigenvalue weighted by Crippen LogP contribution is -2.44. The average Bonchev–Trinajstić information content (AvgIpc) is 2.38. The van der Waals surface area contributed by atoms with Crippen molar-refractivity contribution in [1.82, 2.24) is 4.90 Å². The molecule has 1 aromatic carbocycles. The lowest BCUT2D eigenvalue weighted by Gasteiger charge is -2.36. The zero-order valence-electron chi connectivity index (χ0n) is 9.97. The Morgan fingerprint density at radius 2 is 2.41 bits per heavy atom. The number of ether oxygens (including phenoxy) is 1. The number of benzene rings is 1. The molecule has 1 aliphatic heterocycles. The van der Waals surface area contributed by atoms with Gasteiger partial charge in [-0.25, -0.2) is 4.39 Å². The Labute approximate surface area is 101 Å². The summed E-state index contributed by atoms with van der Waals surface area (Å²) in [6.45, 7) is 4.24. The van der Waals surface area contributed by atoms with Gasteiger partial charge in [0.1, 0.15) is 5.82 Å². The Morgan fingerprint density at radius 3 is 3.12 bits per heavy atom. The van der Waals surface area contributed by atoms with E-state index in [4.69, 9.17) is 9.84 Å². The standard InChI is InChI=1S/C13H18FNO2/c1-10(9-16)15-5-6-17-13(8-15)11-3-2-4-12(14)7-11/h2-4,7,10,13,16H,5-6,8-9H2,1H3. The summed E-state index contributed by atoms with van der Waals surface area (Å²) in [5.41, 5.74) is 0.861. The Morgan fingerprint density at radius 1 is 1.59 bits per heavy atom. The molecule has 0 radical (unpaired) electrons. The fraction of sp³-hybridized carbons (Fsp3) is 0.538. The summed E-state index contributed by atoms with van der Waals surface area (Å²) < 4.78 is 18.8. The molecule has 94 valence electrons. The predicted octanol–water partition coefficient (Wildman–Crippen LogP) is 1.58. The minimum Gasteiger partial charge on any atom is -0.395 e. The molecule has 0 aliphatic carbocycles. The van der Waals surface area contributed by atoms with Crippen molar-refractivity contribution in [2.45, 2.75) is 19.1 Å². The van der Waals surface area contributed by atoms with E-state index in [9.17, 15) is 4.39 Å². The third-order valence-electron chi connectivity index (χ3n) is 3.21. The zero-order valence-corrected chi connectivity index (χ0v) is 9.97. The summed E-state index contributed by atoms with van der Waals surface area (Å²) in [4.78, 5) is 2.17. The monoisotopic (exact) mass is 239 g/mol. The lowest BCUT2D eigenvalue weighted by molar-refractivity contribution is -0.0493. The predicted molar refractivity (Wildman–Crippen MR) is 63.2 cm³/mol. The molecule has 1 heterocycles. The minimum atomic E-state index is -0.238. The van der Waals surface area contributed by atoms with Crippen molar-refractivity contribution in [3.63, 3.8) is 0 Å². The van der Waals surface area contributed by atoms with Crippen LogP contribution in [0.15, 0.2) is 24.3 Å². The smallest absolute Gasteiger partial charge is 0.123 e. The first kappa shape index (κ1) is 12.5. The van der Waals surface area contributed by atoms with Gasteiger partial charge in [-0.3, -0.25) is 4.90 Å². The number of rotatable bonds is 3. The van der Waals surface area contributed by atoms with Gasteiger partial charge in [0.25, 0.3) is 0 Å². The van der Waals surface area contributed by atoms with Crippen LogP contribution in [0.1, 0.15) is 18.6 Å². The third-order valence-corrected chi connectivity index (χ3v) is 3.21. The van der Waals surface area contributed by atoms with Crippen LogP contribution in [0.2, 0.25) is 0 Å². The highest BCUT2D eigenvalue weighted by Crippen LogP contribution is 2.23. The Kier molecular flexibility index (Phi) is 4.10. The van der Waals surface area contributed by atoms with Crippen molar-refractivity contribution in [2.24, 2.45) is 0 Å². The highest BCUT2D eigenvalue weighted by atomic mass is 19.1. The van der Waals surface area contributed by atoms with Gasteiger partial charge in [0, 0.05) is 19.1 Å². The normalized spacial score (nSPS) is 23.6. The second-order valence-corrected chi connectivity index (χ2v) is 4.44. The van der Waals surface area contributed by atoms with Crippen LogP contribution in [0.3, 0.4) is 0 Å². The molecule has 0 amide bonds. The van der Waals surface area contributed by atoms with E-state index >= 15 is 0 Å². The van der Waals surface area contributed by atoms with Gasteiger partial charge in [0.05, 0.1) is 19.3 Å². The van der Waals surface area contributed by atoms with E-state index in [0.717, 1.165) is 12.1 Å². The Balaban J connectivity index is 2.07. The SMILES string of the molecule is CC(CO)N1CCOC(c2cccc(F)c2)C1. The number of aliphatic hydroxyl groups is 1.